The predicted octanol–water partition coefficient (Wildman–Crippen LogP) is 1.72. The molecule has 0 aliphatic rings. The number of esters is 1. The van der Waals surface area contributed by atoms with Crippen LogP contribution in [0.1, 0.15) is 42.7 Å². The van der Waals surface area contributed by atoms with Crippen LogP contribution in [0, 0.1) is 0 Å². The fourth-order valence-electron chi connectivity index (χ4n) is 1.59. The zero-order valence-electron chi connectivity index (χ0n) is 11.6. The maximum Gasteiger partial charge on any atom is 0.328 e. The van der Waals surface area contributed by atoms with Crippen molar-refractivity contribution in [2.45, 2.75) is 39.2 Å². The number of methoxy groups -OCH3 is 1. The molecule has 0 saturated carbocycles. The Balaban J connectivity index is 2.60. The molecule has 1 aromatic heterocycles. The molecule has 5 nitrogen and oxygen atoms in total. The average Bonchev–Trinajstić information content (AvgIpc) is 2.44. The van der Waals surface area contributed by atoms with Gasteiger partial charge < -0.3 is 10.1 Å². The molecule has 1 rings (SSSR count). The summed E-state index contributed by atoms with van der Waals surface area (Å²) in [7, 11) is 1.28. The normalized spacial score (nSPS) is 11.7. The summed E-state index contributed by atoms with van der Waals surface area (Å²) in [6.07, 6.45) is 4.89. The van der Waals surface area contributed by atoms with Gasteiger partial charge in [-0.2, -0.15) is 0 Å². The average molecular weight is 264 g/mol. The van der Waals surface area contributed by atoms with Gasteiger partial charge in [-0.1, -0.05) is 19.4 Å². The molecular formula is C14H20N2O3. The molecule has 0 aromatic carbocycles. The minimum absolute atomic E-state index is 0.302. The van der Waals surface area contributed by atoms with Gasteiger partial charge in [0.15, 0.2) is 0 Å². The van der Waals surface area contributed by atoms with Gasteiger partial charge in [-0.05, 0) is 31.4 Å². The van der Waals surface area contributed by atoms with Crippen molar-refractivity contribution >= 4 is 11.9 Å². The molecule has 0 unspecified atom stereocenters. The Morgan fingerprint density at radius 3 is 2.68 bits per heavy atom. The van der Waals surface area contributed by atoms with E-state index in [1.807, 2.05) is 6.07 Å². The summed E-state index contributed by atoms with van der Waals surface area (Å²) in [5, 5.41) is 2.53. The van der Waals surface area contributed by atoms with Crippen molar-refractivity contribution in [3.63, 3.8) is 0 Å². The lowest BCUT2D eigenvalue weighted by molar-refractivity contribution is -0.142. The van der Waals surface area contributed by atoms with E-state index >= 15 is 0 Å². The van der Waals surface area contributed by atoms with Crippen LogP contribution in [0.5, 0.6) is 0 Å². The first kappa shape index (κ1) is 15.1. The van der Waals surface area contributed by atoms with E-state index in [0.717, 1.165) is 24.8 Å². The number of rotatable bonds is 6. The number of unbranched alkanes of at least 4 members (excludes halogenated alkanes) is 1. The molecule has 0 radical (unpaired) electrons. The number of hydrogen-bond donors (Lipinski definition) is 1. The van der Waals surface area contributed by atoms with Gasteiger partial charge in [0.1, 0.15) is 11.7 Å². The molecule has 0 saturated heterocycles. The minimum atomic E-state index is -0.681. The van der Waals surface area contributed by atoms with Gasteiger partial charge >= 0.3 is 5.97 Å². The highest BCUT2D eigenvalue weighted by Gasteiger charge is 2.17. The van der Waals surface area contributed by atoms with E-state index in [-0.39, 0.29) is 5.91 Å². The highest BCUT2D eigenvalue weighted by atomic mass is 16.5. The number of nitrogens with one attached hydrogen (secondary N) is 1. The number of aromatic nitrogens is 1. The molecule has 1 heterocycles. The van der Waals surface area contributed by atoms with Crippen LogP contribution in [0.25, 0.3) is 0 Å². The third-order valence-electron chi connectivity index (χ3n) is 2.78. The first-order chi connectivity index (χ1) is 9.08. The SMILES string of the molecule is CCCCc1ccc(C(=O)N[C@H](C)C(=O)OC)nc1. The summed E-state index contributed by atoms with van der Waals surface area (Å²) in [5.41, 5.74) is 1.41. The molecule has 1 amide bonds. The Labute approximate surface area is 113 Å². The molecule has 1 aromatic rings. The van der Waals surface area contributed by atoms with Crippen LogP contribution < -0.4 is 5.32 Å². The summed E-state index contributed by atoms with van der Waals surface area (Å²) in [6, 6.07) is 2.88. The van der Waals surface area contributed by atoms with E-state index in [1.165, 1.54) is 7.11 Å². The number of ether oxygens (including phenoxy) is 1. The molecule has 0 aliphatic heterocycles. The fraction of sp³-hybridized carbons (Fsp3) is 0.500. The summed E-state index contributed by atoms with van der Waals surface area (Å²) in [6.45, 7) is 3.70. The van der Waals surface area contributed by atoms with Crippen LogP contribution in [0.4, 0.5) is 0 Å². The first-order valence-electron chi connectivity index (χ1n) is 6.42. The van der Waals surface area contributed by atoms with E-state index < -0.39 is 12.0 Å². The van der Waals surface area contributed by atoms with Gasteiger partial charge in [-0.15, -0.1) is 0 Å². The Kier molecular flexibility index (Phi) is 5.99. The molecule has 0 spiro atoms. The van der Waals surface area contributed by atoms with Crippen LogP contribution in [0.15, 0.2) is 18.3 Å². The monoisotopic (exact) mass is 264 g/mol. The van der Waals surface area contributed by atoms with E-state index in [9.17, 15) is 9.59 Å². The smallest absolute Gasteiger partial charge is 0.328 e. The lowest BCUT2D eigenvalue weighted by Gasteiger charge is -2.11. The molecule has 0 fully saturated rings. The lowest BCUT2D eigenvalue weighted by Crippen LogP contribution is -2.39. The number of nitrogens with zero attached hydrogens (tertiary/aromatic N) is 1. The second-order valence-corrected chi connectivity index (χ2v) is 4.37. The predicted molar refractivity (Wildman–Crippen MR) is 71.8 cm³/mol. The van der Waals surface area contributed by atoms with Gasteiger partial charge in [0.05, 0.1) is 7.11 Å². The Morgan fingerprint density at radius 1 is 1.42 bits per heavy atom. The topological polar surface area (TPSA) is 68.3 Å². The largest absolute Gasteiger partial charge is 0.467 e. The molecule has 1 atom stereocenters. The van der Waals surface area contributed by atoms with Gasteiger partial charge in [-0.25, -0.2) is 4.79 Å². The summed E-state index contributed by atoms with van der Waals surface area (Å²) < 4.78 is 4.54. The van der Waals surface area contributed by atoms with E-state index in [4.69, 9.17) is 0 Å². The van der Waals surface area contributed by atoms with Crippen molar-refractivity contribution in [3.05, 3.63) is 29.6 Å². The van der Waals surface area contributed by atoms with Crippen molar-refractivity contribution in [2.24, 2.45) is 0 Å². The summed E-state index contributed by atoms with van der Waals surface area (Å²) in [4.78, 5) is 27.1. The summed E-state index contributed by atoms with van der Waals surface area (Å²) in [5.74, 6) is -0.854. The van der Waals surface area contributed by atoms with Gasteiger partial charge in [-0.3, -0.25) is 9.78 Å². The van der Waals surface area contributed by atoms with Gasteiger partial charge in [0.2, 0.25) is 0 Å². The van der Waals surface area contributed by atoms with Crippen LogP contribution in [-0.2, 0) is 16.0 Å². The standard InChI is InChI=1S/C14H20N2O3/c1-4-5-6-11-7-8-12(15-9-11)13(17)16-10(2)14(18)19-3/h7-10H,4-6H2,1-3H3,(H,16,17)/t10-/m1/s1. The molecule has 0 aliphatic carbocycles. The number of aryl methyl sites for hydroxylation is 1. The maximum absolute atomic E-state index is 11.8. The van der Waals surface area contributed by atoms with Gasteiger partial charge in [0, 0.05) is 6.20 Å². The molecule has 19 heavy (non-hydrogen) atoms. The third-order valence-corrected chi connectivity index (χ3v) is 2.78. The first-order valence-corrected chi connectivity index (χ1v) is 6.42. The van der Waals surface area contributed by atoms with Crippen LogP contribution >= 0.6 is 0 Å². The third kappa shape index (κ3) is 4.69. The maximum atomic E-state index is 11.8. The minimum Gasteiger partial charge on any atom is -0.467 e. The fourth-order valence-corrected chi connectivity index (χ4v) is 1.59. The number of amides is 1. The number of pyridine rings is 1. The quantitative estimate of drug-likeness (QED) is 0.794. The Bertz CT molecular complexity index is 429. The van der Waals surface area contributed by atoms with E-state index in [1.54, 1.807) is 19.2 Å². The number of carbonyl (C=O) groups is 2. The van der Waals surface area contributed by atoms with E-state index in [0.29, 0.717) is 5.69 Å². The zero-order valence-corrected chi connectivity index (χ0v) is 11.6. The second kappa shape index (κ2) is 7.51. The molecule has 1 N–H and O–H groups in total. The lowest BCUT2D eigenvalue weighted by atomic mass is 10.1. The number of carbonyl (C=O) groups excluding carboxylic acids is 2. The molecule has 5 heteroatoms. The van der Waals surface area contributed by atoms with Crippen LogP contribution in [0.2, 0.25) is 0 Å². The molecular weight excluding hydrogens is 244 g/mol. The van der Waals surface area contributed by atoms with Crippen molar-refractivity contribution in [1.82, 2.24) is 10.3 Å². The highest BCUT2D eigenvalue weighted by molar-refractivity contribution is 5.95. The summed E-state index contributed by atoms with van der Waals surface area (Å²) >= 11 is 0. The van der Waals surface area contributed by atoms with Gasteiger partial charge in [0.25, 0.3) is 5.91 Å². The van der Waals surface area contributed by atoms with Crippen molar-refractivity contribution in [1.29, 1.82) is 0 Å². The Morgan fingerprint density at radius 2 is 2.16 bits per heavy atom. The molecule has 0 bridgehead atoms. The van der Waals surface area contributed by atoms with Crippen molar-refractivity contribution in [2.75, 3.05) is 7.11 Å². The van der Waals surface area contributed by atoms with Crippen LogP contribution in [-0.4, -0.2) is 30.0 Å². The van der Waals surface area contributed by atoms with Crippen molar-refractivity contribution in [3.8, 4) is 0 Å². The van der Waals surface area contributed by atoms with E-state index in [2.05, 4.69) is 22.0 Å². The van der Waals surface area contributed by atoms with Crippen molar-refractivity contribution < 1.29 is 14.3 Å². The van der Waals surface area contributed by atoms with Crippen LogP contribution in [0.3, 0.4) is 0 Å². The second-order valence-electron chi connectivity index (χ2n) is 4.37. The number of hydrogen-bond acceptors (Lipinski definition) is 4. The zero-order chi connectivity index (χ0) is 14.3. The Hall–Kier alpha value is -1.91. The highest BCUT2D eigenvalue weighted by Crippen LogP contribution is 2.05. The molecule has 104 valence electrons.